The van der Waals surface area contributed by atoms with Crippen LogP contribution in [0.5, 0.6) is 0 Å². The number of hydrogen-bond donors (Lipinski definition) is 1. The monoisotopic (exact) mass is 355 g/mol. The second-order valence-electron chi connectivity index (χ2n) is 6.58. The number of hydrogen-bond acceptors (Lipinski definition) is 4. The van der Waals surface area contributed by atoms with E-state index in [-0.39, 0.29) is 5.82 Å². The zero-order valence-electron chi connectivity index (χ0n) is 15.9. The van der Waals surface area contributed by atoms with Crippen LogP contribution in [0.15, 0.2) is 30.5 Å². The molecule has 0 bridgehead atoms. The summed E-state index contributed by atoms with van der Waals surface area (Å²) in [4.78, 5) is 7.09. The molecule has 6 heteroatoms. The van der Waals surface area contributed by atoms with Gasteiger partial charge in [0.25, 0.3) is 0 Å². The van der Waals surface area contributed by atoms with Gasteiger partial charge >= 0.3 is 0 Å². The van der Waals surface area contributed by atoms with Gasteiger partial charge in [-0.15, -0.1) is 0 Å². The summed E-state index contributed by atoms with van der Waals surface area (Å²) in [7, 11) is 0. The van der Waals surface area contributed by atoms with E-state index in [1.165, 1.54) is 12.1 Å². The first-order chi connectivity index (χ1) is 12.5. The van der Waals surface area contributed by atoms with Gasteiger partial charge in [0.1, 0.15) is 17.5 Å². The van der Waals surface area contributed by atoms with E-state index in [1.54, 1.807) is 12.3 Å². The Hall–Kier alpha value is -2.63. The van der Waals surface area contributed by atoms with Crippen molar-refractivity contribution in [1.29, 1.82) is 0 Å². The van der Waals surface area contributed by atoms with Crippen LogP contribution in [0.2, 0.25) is 0 Å². The fourth-order valence-corrected chi connectivity index (χ4v) is 3.26. The number of fused-ring (bicyclic) bond motifs is 1. The highest BCUT2D eigenvalue weighted by Crippen LogP contribution is 2.30. The fraction of sp³-hybridized carbons (Fsp3) is 0.400. The molecule has 0 atom stereocenters. The van der Waals surface area contributed by atoms with Crippen molar-refractivity contribution in [2.45, 2.75) is 40.5 Å². The van der Waals surface area contributed by atoms with Crippen LogP contribution < -0.4 is 10.2 Å². The summed E-state index contributed by atoms with van der Waals surface area (Å²) in [6.45, 7) is 10.2. The van der Waals surface area contributed by atoms with Gasteiger partial charge in [0, 0.05) is 30.4 Å². The third-order valence-corrected chi connectivity index (χ3v) is 4.47. The van der Waals surface area contributed by atoms with E-state index in [0.717, 1.165) is 60.0 Å². The summed E-state index contributed by atoms with van der Waals surface area (Å²) >= 11 is 0. The molecule has 0 saturated carbocycles. The molecule has 2 aromatic heterocycles. The largest absolute Gasteiger partial charge is 0.356 e. The minimum Gasteiger partial charge on any atom is -0.356 e. The Kier molecular flexibility index (Phi) is 5.40. The minimum atomic E-state index is -0.235. The fourth-order valence-electron chi connectivity index (χ4n) is 3.26. The third kappa shape index (κ3) is 3.49. The first-order valence-corrected chi connectivity index (χ1v) is 9.17. The molecule has 0 radical (unpaired) electrons. The van der Waals surface area contributed by atoms with Gasteiger partial charge < -0.3 is 10.2 Å². The van der Waals surface area contributed by atoms with Gasteiger partial charge in [-0.05, 0) is 50.5 Å². The topological polar surface area (TPSA) is 45.5 Å². The Morgan fingerprint density at radius 3 is 2.50 bits per heavy atom. The standard InChI is InChI=1S/C20H26FN5/c1-5-11-25(12-6-2)20-15(4)19(24-18-9-10-22-26(18)20)23-17-8-7-16(21)13-14(17)3/h7-10,13H,5-6,11-12H2,1-4H3,(H,23,24). The zero-order valence-corrected chi connectivity index (χ0v) is 15.9. The van der Waals surface area contributed by atoms with Gasteiger partial charge in [-0.25, -0.2) is 9.37 Å². The molecule has 26 heavy (non-hydrogen) atoms. The van der Waals surface area contributed by atoms with Gasteiger partial charge in [0.15, 0.2) is 5.65 Å². The van der Waals surface area contributed by atoms with Crippen LogP contribution in [-0.4, -0.2) is 27.7 Å². The molecule has 2 heterocycles. The van der Waals surface area contributed by atoms with Crippen molar-refractivity contribution in [3.63, 3.8) is 0 Å². The Labute approximate surface area is 153 Å². The van der Waals surface area contributed by atoms with Gasteiger partial charge in [-0.1, -0.05) is 13.8 Å². The highest BCUT2D eigenvalue weighted by Gasteiger charge is 2.18. The first kappa shape index (κ1) is 18.2. The van der Waals surface area contributed by atoms with Crippen LogP contribution in [0.3, 0.4) is 0 Å². The van der Waals surface area contributed by atoms with Crippen molar-refractivity contribution in [3.05, 3.63) is 47.4 Å². The number of benzene rings is 1. The van der Waals surface area contributed by atoms with Crippen molar-refractivity contribution in [3.8, 4) is 0 Å². The second-order valence-corrected chi connectivity index (χ2v) is 6.58. The zero-order chi connectivity index (χ0) is 18.7. The Morgan fingerprint density at radius 1 is 1.12 bits per heavy atom. The molecule has 0 unspecified atom stereocenters. The van der Waals surface area contributed by atoms with Crippen molar-refractivity contribution in [1.82, 2.24) is 14.6 Å². The van der Waals surface area contributed by atoms with E-state index in [4.69, 9.17) is 4.98 Å². The molecular weight excluding hydrogens is 329 g/mol. The van der Waals surface area contributed by atoms with Crippen LogP contribution in [0.4, 0.5) is 21.7 Å². The molecule has 3 aromatic rings. The average Bonchev–Trinajstić information content (AvgIpc) is 3.06. The van der Waals surface area contributed by atoms with Gasteiger partial charge in [0.2, 0.25) is 0 Å². The SMILES string of the molecule is CCCN(CCC)c1c(C)c(Nc2ccc(F)cc2C)nc2ccnn12. The first-order valence-electron chi connectivity index (χ1n) is 9.17. The molecule has 1 N–H and O–H groups in total. The summed E-state index contributed by atoms with van der Waals surface area (Å²) in [5.41, 5.74) is 3.53. The maximum absolute atomic E-state index is 13.4. The Balaban J connectivity index is 2.10. The lowest BCUT2D eigenvalue weighted by molar-refractivity contribution is 0.627. The normalized spacial score (nSPS) is 11.1. The van der Waals surface area contributed by atoms with E-state index < -0.39 is 0 Å². The number of aromatic nitrogens is 3. The van der Waals surface area contributed by atoms with Crippen LogP contribution in [0, 0.1) is 19.7 Å². The molecule has 0 aliphatic heterocycles. The molecule has 3 rings (SSSR count). The summed E-state index contributed by atoms with van der Waals surface area (Å²) in [6.07, 6.45) is 3.89. The van der Waals surface area contributed by atoms with Crippen LogP contribution in [-0.2, 0) is 0 Å². The van der Waals surface area contributed by atoms with Crippen molar-refractivity contribution >= 4 is 23.0 Å². The molecular formula is C20H26FN5. The highest BCUT2D eigenvalue weighted by atomic mass is 19.1. The molecule has 0 amide bonds. The quantitative estimate of drug-likeness (QED) is 0.658. The van der Waals surface area contributed by atoms with E-state index in [9.17, 15) is 4.39 Å². The lowest BCUT2D eigenvalue weighted by Gasteiger charge is -2.27. The highest BCUT2D eigenvalue weighted by molar-refractivity contribution is 5.70. The van der Waals surface area contributed by atoms with Crippen molar-refractivity contribution in [2.75, 3.05) is 23.3 Å². The molecule has 0 spiro atoms. The predicted molar refractivity (Wildman–Crippen MR) is 105 cm³/mol. The molecule has 0 aliphatic rings. The van der Waals surface area contributed by atoms with Gasteiger partial charge in [-0.2, -0.15) is 9.61 Å². The van der Waals surface area contributed by atoms with Crippen molar-refractivity contribution in [2.24, 2.45) is 0 Å². The molecule has 0 aliphatic carbocycles. The Bertz CT molecular complexity index is 897. The van der Waals surface area contributed by atoms with Crippen molar-refractivity contribution < 1.29 is 4.39 Å². The maximum Gasteiger partial charge on any atom is 0.159 e. The van der Waals surface area contributed by atoms with Gasteiger partial charge in [0.05, 0.1) is 6.20 Å². The lowest BCUT2D eigenvalue weighted by atomic mass is 10.2. The number of anilines is 3. The average molecular weight is 355 g/mol. The molecule has 5 nitrogen and oxygen atoms in total. The molecule has 138 valence electrons. The van der Waals surface area contributed by atoms with E-state index in [2.05, 4.69) is 36.1 Å². The maximum atomic E-state index is 13.4. The summed E-state index contributed by atoms with van der Waals surface area (Å²) in [5, 5.41) is 7.86. The summed E-state index contributed by atoms with van der Waals surface area (Å²) in [5.74, 6) is 1.60. The van der Waals surface area contributed by atoms with Crippen LogP contribution in [0.1, 0.15) is 37.8 Å². The smallest absolute Gasteiger partial charge is 0.159 e. The van der Waals surface area contributed by atoms with Crippen LogP contribution >= 0.6 is 0 Å². The van der Waals surface area contributed by atoms with E-state index in [0.29, 0.717) is 0 Å². The number of halogens is 1. The molecule has 0 saturated heterocycles. The van der Waals surface area contributed by atoms with Gasteiger partial charge in [-0.3, -0.25) is 0 Å². The van der Waals surface area contributed by atoms with E-state index >= 15 is 0 Å². The predicted octanol–water partition coefficient (Wildman–Crippen LogP) is 4.86. The third-order valence-electron chi connectivity index (χ3n) is 4.47. The number of aryl methyl sites for hydroxylation is 1. The lowest BCUT2D eigenvalue weighted by Crippen LogP contribution is -2.28. The van der Waals surface area contributed by atoms with E-state index in [1.807, 2.05) is 17.5 Å². The molecule has 0 fully saturated rings. The molecule has 1 aromatic carbocycles. The number of rotatable bonds is 7. The summed E-state index contributed by atoms with van der Waals surface area (Å²) < 4.78 is 15.3. The number of nitrogens with one attached hydrogen (secondary N) is 1. The summed E-state index contributed by atoms with van der Waals surface area (Å²) in [6, 6.07) is 6.64. The second kappa shape index (κ2) is 7.72. The van der Waals surface area contributed by atoms with Crippen LogP contribution in [0.25, 0.3) is 5.65 Å². The minimum absolute atomic E-state index is 0.235. The number of nitrogens with zero attached hydrogens (tertiary/aromatic N) is 4. The Morgan fingerprint density at radius 2 is 1.85 bits per heavy atom.